The van der Waals surface area contributed by atoms with Crippen molar-refractivity contribution in [3.8, 4) is 5.75 Å². The highest BCUT2D eigenvalue weighted by atomic mass is 79.9. The van der Waals surface area contributed by atoms with Gasteiger partial charge in [0.05, 0.1) is 4.88 Å². The quantitative estimate of drug-likeness (QED) is 0.380. The number of halogens is 3. The zero-order chi connectivity index (χ0) is 14.7. The summed E-state index contributed by atoms with van der Waals surface area (Å²) >= 11 is 4.23. The van der Waals surface area contributed by atoms with E-state index in [1.54, 1.807) is 11.4 Å². The fourth-order valence-corrected chi connectivity index (χ4v) is 2.73. The van der Waals surface area contributed by atoms with Crippen LogP contribution in [0.25, 0.3) is 0 Å². The minimum atomic E-state index is -1.08. The molecule has 0 saturated heterocycles. The fourth-order valence-electron chi connectivity index (χ4n) is 1.51. The summed E-state index contributed by atoms with van der Waals surface area (Å²) in [4.78, 5) is 11.8. The van der Waals surface area contributed by atoms with Gasteiger partial charge >= 0.3 is 0 Å². The number of rotatable bonds is 4. The van der Waals surface area contributed by atoms with E-state index >= 15 is 0 Å². The summed E-state index contributed by atoms with van der Waals surface area (Å²) in [5, 5.41) is 1.68. The van der Waals surface area contributed by atoms with Gasteiger partial charge in [0.25, 0.3) is 5.91 Å². The maximum Gasteiger partial charge on any atom is 0.275 e. The first-order chi connectivity index (χ1) is 9.52. The molecular weight excluding hydrogens is 354 g/mol. The van der Waals surface area contributed by atoms with E-state index in [2.05, 4.69) is 15.9 Å². The molecule has 106 valence electrons. The van der Waals surface area contributed by atoms with E-state index in [4.69, 9.17) is 10.6 Å². The number of carbonyl (C=O) groups excluding carboxylic acids is 1. The molecule has 2 aromatic rings. The van der Waals surface area contributed by atoms with Gasteiger partial charge < -0.3 is 4.74 Å². The molecule has 3 N–H and O–H groups in total. The molecule has 0 unspecified atom stereocenters. The van der Waals surface area contributed by atoms with Crippen molar-refractivity contribution in [2.45, 2.75) is 6.61 Å². The summed E-state index contributed by atoms with van der Waals surface area (Å²) in [6, 6.07) is 3.97. The van der Waals surface area contributed by atoms with Crippen molar-refractivity contribution in [3.05, 3.63) is 50.1 Å². The molecule has 0 spiro atoms. The Kier molecular flexibility index (Phi) is 4.69. The van der Waals surface area contributed by atoms with Gasteiger partial charge in [-0.15, -0.1) is 11.3 Å². The van der Waals surface area contributed by atoms with Crippen molar-refractivity contribution in [1.29, 1.82) is 0 Å². The van der Waals surface area contributed by atoms with E-state index in [1.807, 2.05) is 5.43 Å². The largest absolute Gasteiger partial charge is 0.486 e. The van der Waals surface area contributed by atoms with Crippen molar-refractivity contribution in [3.63, 3.8) is 0 Å². The molecule has 0 aliphatic carbocycles. The molecule has 1 aromatic heterocycles. The monoisotopic (exact) mass is 362 g/mol. The summed E-state index contributed by atoms with van der Waals surface area (Å²) in [6.45, 7) is -0.0704. The van der Waals surface area contributed by atoms with Crippen molar-refractivity contribution in [2.75, 3.05) is 0 Å². The zero-order valence-electron chi connectivity index (χ0n) is 9.95. The van der Waals surface area contributed by atoms with E-state index in [9.17, 15) is 13.6 Å². The summed E-state index contributed by atoms with van der Waals surface area (Å²) in [5.41, 5.74) is 2.55. The number of hydrogen-bond acceptors (Lipinski definition) is 4. The molecule has 0 aliphatic heterocycles. The molecule has 0 bridgehead atoms. The lowest BCUT2D eigenvalue weighted by Gasteiger charge is -2.08. The van der Waals surface area contributed by atoms with Crippen LogP contribution >= 0.6 is 27.3 Å². The van der Waals surface area contributed by atoms with Crippen LogP contribution in [0.1, 0.15) is 15.2 Å². The lowest BCUT2D eigenvalue weighted by Crippen LogP contribution is -2.30. The topological polar surface area (TPSA) is 64.3 Å². The molecule has 1 amide bonds. The third-order valence-corrected chi connectivity index (χ3v) is 3.84. The number of thiophene rings is 1. The predicted octanol–water partition coefficient (Wildman–Crippen LogP) is 2.97. The van der Waals surface area contributed by atoms with Gasteiger partial charge in [-0.25, -0.2) is 10.2 Å². The molecule has 0 atom stereocenters. The first-order valence-electron chi connectivity index (χ1n) is 5.37. The second-order valence-corrected chi connectivity index (χ2v) is 5.57. The van der Waals surface area contributed by atoms with Gasteiger partial charge in [-0.1, -0.05) is 15.9 Å². The van der Waals surface area contributed by atoms with E-state index in [1.165, 1.54) is 17.4 Å². The highest BCUT2D eigenvalue weighted by Gasteiger charge is 2.15. The van der Waals surface area contributed by atoms with E-state index in [0.29, 0.717) is 14.9 Å². The van der Waals surface area contributed by atoms with Crippen LogP contribution in [0.2, 0.25) is 0 Å². The Morgan fingerprint density at radius 3 is 2.90 bits per heavy atom. The average molecular weight is 363 g/mol. The van der Waals surface area contributed by atoms with Crippen LogP contribution in [0.4, 0.5) is 8.78 Å². The van der Waals surface area contributed by atoms with Crippen molar-refractivity contribution in [2.24, 2.45) is 5.84 Å². The van der Waals surface area contributed by atoms with Gasteiger partial charge in [0, 0.05) is 10.0 Å². The smallest absolute Gasteiger partial charge is 0.275 e. The number of nitrogens with two attached hydrogens (primary N) is 1. The third kappa shape index (κ3) is 3.14. The highest BCUT2D eigenvalue weighted by Crippen LogP contribution is 2.27. The SMILES string of the molecule is NNC(=O)c1sccc1COc1cc(Br)cc(F)c1F. The van der Waals surface area contributed by atoms with E-state index in [0.717, 1.165) is 6.07 Å². The molecule has 0 aliphatic rings. The summed E-state index contributed by atoms with van der Waals surface area (Å²) in [5.74, 6) is 2.27. The molecule has 0 fully saturated rings. The summed E-state index contributed by atoms with van der Waals surface area (Å²) in [6.07, 6.45) is 0. The molecule has 2 rings (SSSR count). The third-order valence-electron chi connectivity index (χ3n) is 2.43. The van der Waals surface area contributed by atoms with Crippen LogP contribution in [0.15, 0.2) is 28.1 Å². The Morgan fingerprint density at radius 2 is 2.20 bits per heavy atom. The number of carbonyl (C=O) groups is 1. The number of nitrogen functional groups attached to an aromatic ring is 1. The van der Waals surface area contributed by atoms with Gasteiger partial charge in [-0.05, 0) is 23.6 Å². The maximum atomic E-state index is 13.5. The molecule has 4 nitrogen and oxygen atoms in total. The standard InChI is InChI=1S/C12H9BrF2N2O2S/c13-7-3-8(14)10(15)9(4-7)19-5-6-1-2-20-11(6)12(18)17-16/h1-4H,5,16H2,(H,17,18). The lowest BCUT2D eigenvalue weighted by atomic mass is 10.2. The fraction of sp³-hybridized carbons (Fsp3) is 0.0833. The van der Waals surface area contributed by atoms with Crippen LogP contribution in [0.5, 0.6) is 5.75 Å². The molecule has 0 saturated carbocycles. The molecule has 1 aromatic carbocycles. The minimum Gasteiger partial charge on any atom is -0.486 e. The van der Waals surface area contributed by atoms with E-state index < -0.39 is 17.5 Å². The maximum absolute atomic E-state index is 13.5. The normalized spacial score (nSPS) is 10.4. The Balaban J connectivity index is 2.18. The van der Waals surface area contributed by atoms with Gasteiger partial charge in [-0.2, -0.15) is 4.39 Å². The van der Waals surface area contributed by atoms with Gasteiger partial charge in [0.15, 0.2) is 11.6 Å². The van der Waals surface area contributed by atoms with Gasteiger partial charge in [0.1, 0.15) is 6.61 Å². The van der Waals surface area contributed by atoms with Gasteiger partial charge in [0.2, 0.25) is 5.82 Å². The predicted molar refractivity (Wildman–Crippen MR) is 74.4 cm³/mol. The zero-order valence-corrected chi connectivity index (χ0v) is 12.4. The first kappa shape index (κ1) is 14.9. The second kappa shape index (κ2) is 6.29. The average Bonchev–Trinajstić information content (AvgIpc) is 2.88. The van der Waals surface area contributed by atoms with Crippen LogP contribution in [-0.4, -0.2) is 5.91 Å². The Bertz CT molecular complexity index is 648. The number of nitrogens with one attached hydrogen (secondary N) is 1. The van der Waals surface area contributed by atoms with Crippen LogP contribution in [0, 0.1) is 11.6 Å². The van der Waals surface area contributed by atoms with Crippen LogP contribution in [-0.2, 0) is 6.61 Å². The van der Waals surface area contributed by atoms with Gasteiger partial charge in [-0.3, -0.25) is 10.2 Å². The summed E-state index contributed by atoms with van der Waals surface area (Å²) < 4.78 is 32.3. The molecule has 1 heterocycles. The van der Waals surface area contributed by atoms with Crippen molar-refractivity contribution >= 4 is 33.2 Å². The Hall–Kier alpha value is -1.51. The molecule has 0 radical (unpaired) electrons. The van der Waals surface area contributed by atoms with Crippen LogP contribution < -0.4 is 16.0 Å². The number of hydrogen-bond donors (Lipinski definition) is 2. The Morgan fingerprint density at radius 1 is 1.45 bits per heavy atom. The Labute approximate surface area is 125 Å². The highest BCUT2D eigenvalue weighted by molar-refractivity contribution is 9.10. The second-order valence-electron chi connectivity index (χ2n) is 3.74. The number of ether oxygens (including phenoxy) is 1. The van der Waals surface area contributed by atoms with Crippen LogP contribution in [0.3, 0.4) is 0 Å². The lowest BCUT2D eigenvalue weighted by molar-refractivity contribution is 0.0955. The van der Waals surface area contributed by atoms with E-state index in [-0.39, 0.29) is 12.4 Å². The first-order valence-corrected chi connectivity index (χ1v) is 7.05. The molecular formula is C12H9BrF2N2O2S. The molecule has 8 heteroatoms. The number of amides is 1. The summed E-state index contributed by atoms with van der Waals surface area (Å²) in [7, 11) is 0. The molecule has 20 heavy (non-hydrogen) atoms. The minimum absolute atomic E-state index is 0.0704. The van der Waals surface area contributed by atoms with Crippen molar-refractivity contribution < 1.29 is 18.3 Å². The number of hydrazine groups is 1. The van der Waals surface area contributed by atoms with Crippen molar-refractivity contribution in [1.82, 2.24) is 5.43 Å². The number of benzene rings is 1.